The molecule has 0 aliphatic heterocycles. The van der Waals surface area contributed by atoms with Gasteiger partial charge >= 0.3 is 0 Å². The van der Waals surface area contributed by atoms with Gasteiger partial charge in [-0.25, -0.2) is 4.39 Å². The van der Waals surface area contributed by atoms with E-state index in [1.54, 1.807) is 0 Å². The normalized spacial score (nSPS) is 25.6. The number of aliphatic hydroxyl groups is 1. The summed E-state index contributed by atoms with van der Waals surface area (Å²) in [6.07, 6.45) is 3.20. The van der Waals surface area contributed by atoms with E-state index in [-0.39, 0.29) is 23.0 Å². The Morgan fingerprint density at radius 3 is 2.67 bits per heavy atom. The summed E-state index contributed by atoms with van der Waals surface area (Å²) in [6, 6.07) is 2.02. The van der Waals surface area contributed by atoms with Crippen molar-refractivity contribution < 1.29 is 14.4 Å². The zero-order valence-electron chi connectivity index (χ0n) is 11.7. The maximum absolute atomic E-state index is 13.6. The molecule has 0 atom stereocenters. The van der Waals surface area contributed by atoms with E-state index in [0.717, 1.165) is 25.0 Å². The molecule has 1 fully saturated rings. The van der Waals surface area contributed by atoms with Gasteiger partial charge < -0.3 is 10.4 Å². The molecule has 2 rings (SSSR count). The number of nitrogens with zero attached hydrogens (tertiary/aromatic N) is 1. The highest BCUT2D eigenvalue weighted by molar-refractivity contribution is 6.31. The van der Waals surface area contributed by atoms with Crippen LogP contribution in [0.25, 0.3) is 0 Å². The molecule has 116 valence electrons. The minimum Gasteiger partial charge on any atom is -0.394 e. The van der Waals surface area contributed by atoms with E-state index in [1.165, 1.54) is 0 Å². The van der Waals surface area contributed by atoms with Gasteiger partial charge in [-0.2, -0.15) is 0 Å². The summed E-state index contributed by atoms with van der Waals surface area (Å²) in [7, 11) is 0. The highest BCUT2D eigenvalue weighted by Crippen LogP contribution is 2.38. The highest BCUT2D eigenvalue weighted by atomic mass is 35.5. The molecule has 0 spiro atoms. The zero-order chi connectivity index (χ0) is 15.6. The molecule has 0 heterocycles. The smallest absolute Gasteiger partial charge is 0.294 e. The van der Waals surface area contributed by atoms with Crippen LogP contribution in [0.4, 0.5) is 15.8 Å². The van der Waals surface area contributed by atoms with E-state index in [1.807, 2.05) is 0 Å². The standard InChI is InChI=1S/C14H18ClFN2O3/c1-9-2-4-14(8-19,5-3-9)17-12-7-11(16)10(15)6-13(12)18(20)21/h6-7,9,17,19H,2-5,8H2,1H3. The number of benzene rings is 1. The lowest BCUT2D eigenvalue weighted by Crippen LogP contribution is -2.45. The predicted octanol–water partition coefficient (Wildman–Crippen LogP) is 3.74. The third kappa shape index (κ3) is 3.44. The quantitative estimate of drug-likeness (QED) is 0.655. The van der Waals surface area contributed by atoms with Crippen LogP contribution in [-0.4, -0.2) is 22.2 Å². The van der Waals surface area contributed by atoms with Crippen molar-refractivity contribution in [1.29, 1.82) is 0 Å². The Balaban J connectivity index is 2.33. The number of halogens is 2. The first kappa shape index (κ1) is 16.0. The van der Waals surface area contributed by atoms with Crippen molar-refractivity contribution in [2.75, 3.05) is 11.9 Å². The van der Waals surface area contributed by atoms with Gasteiger partial charge in [-0.1, -0.05) is 18.5 Å². The van der Waals surface area contributed by atoms with E-state index in [4.69, 9.17) is 11.6 Å². The molecule has 1 aliphatic carbocycles. The fourth-order valence-electron chi connectivity index (χ4n) is 2.71. The van der Waals surface area contributed by atoms with Crippen molar-refractivity contribution in [3.8, 4) is 0 Å². The van der Waals surface area contributed by atoms with Crippen LogP contribution >= 0.6 is 11.6 Å². The van der Waals surface area contributed by atoms with E-state index in [0.29, 0.717) is 18.8 Å². The average Bonchev–Trinajstić information content (AvgIpc) is 2.45. The highest BCUT2D eigenvalue weighted by Gasteiger charge is 2.35. The molecule has 1 aliphatic rings. The number of hydrogen-bond donors (Lipinski definition) is 2. The van der Waals surface area contributed by atoms with Crippen LogP contribution in [-0.2, 0) is 0 Å². The van der Waals surface area contributed by atoms with Gasteiger partial charge in [0.05, 0.1) is 22.1 Å². The summed E-state index contributed by atoms with van der Waals surface area (Å²) in [4.78, 5) is 10.5. The Kier molecular flexibility index (Phi) is 4.68. The summed E-state index contributed by atoms with van der Waals surface area (Å²) in [5.41, 5.74) is -0.865. The van der Waals surface area contributed by atoms with E-state index in [2.05, 4.69) is 12.2 Å². The Hall–Kier alpha value is -1.40. The molecular formula is C14H18ClFN2O3. The SMILES string of the molecule is CC1CCC(CO)(Nc2cc(F)c(Cl)cc2[N+](=O)[O-])CC1. The lowest BCUT2D eigenvalue weighted by Gasteiger charge is -2.39. The molecule has 0 saturated heterocycles. The molecule has 0 bridgehead atoms. The summed E-state index contributed by atoms with van der Waals surface area (Å²) >= 11 is 5.60. The molecule has 0 aromatic heterocycles. The second kappa shape index (κ2) is 6.15. The summed E-state index contributed by atoms with van der Waals surface area (Å²) in [5, 5.41) is 23.5. The fourth-order valence-corrected chi connectivity index (χ4v) is 2.87. The van der Waals surface area contributed by atoms with Gasteiger partial charge in [0, 0.05) is 12.1 Å². The van der Waals surface area contributed by atoms with Gasteiger partial charge in [-0.05, 0) is 31.6 Å². The molecular weight excluding hydrogens is 299 g/mol. The number of aliphatic hydroxyl groups excluding tert-OH is 1. The third-order valence-corrected chi connectivity index (χ3v) is 4.46. The average molecular weight is 317 g/mol. The lowest BCUT2D eigenvalue weighted by atomic mass is 9.77. The monoisotopic (exact) mass is 316 g/mol. The largest absolute Gasteiger partial charge is 0.394 e. The Morgan fingerprint density at radius 2 is 2.14 bits per heavy atom. The molecule has 0 radical (unpaired) electrons. The van der Waals surface area contributed by atoms with Crippen LogP contribution in [0, 0.1) is 21.8 Å². The minimum absolute atomic E-state index is 0.0607. The number of nitro benzene ring substituents is 1. The minimum atomic E-state index is -0.720. The Morgan fingerprint density at radius 1 is 1.52 bits per heavy atom. The van der Waals surface area contributed by atoms with Crippen molar-refractivity contribution in [2.45, 2.75) is 38.1 Å². The van der Waals surface area contributed by atoms with Crippen molar-refractivity contribution >= 4 is 23.0 Å². The second-order valence-electron chi connectivity index (χ2n) is 5.79. The number of nitro groups is 1. The zero-order valence-corrected chi connectivity index (χ0v) is 12.5. The second-order valence-corrected chi connectivity index (χ2v) is 6.19. The number of nitrogens with one attached hydrogen (secondary N) is 1. The van der Waals surface area contributed by atoms with Crippen LogP contribution in [0.5, 0.6) is 0 Å². The predicted molar refractivity (Wildman–Crippen MR) is 79.1 cm³/mol. The first-order valence-electron chi connectivity index (χ1n) is 6.89. The van der Waals surface area contributed by atoms with E-state index >= 15 is 0 Å². The van der Waals surface area contributed by atoms with Crippen LogP contribution < -0.4 is 5.32 Å². The molecule has 1 aromatic rings. The molecule has 7 heteroatoms. The first-order valence-corrected chi connectivity index (χ1v) is 7.27. The van der Waals surface area contributed by atoms with Crippen LogP contribution in [0.1, 0.15) is 32.6 Å². The summed E-state index contributed by atoms with van der Waals surface area (Å²) in [6.45, 7) is 1.98. The van der Waals surface area contributed by atoms with Crippen molar-refractivity contribution in [2.24, 2.45) is 5.92 Å². The van der Waals surface area contributed by atoms with Gasteiger partial charge in [0.2, 0.25) is 0 Å². The Labute approximate surface area is 127 Å². The molecule has 1 saturated carbocycles. The molecule has 21 heavy (non-hydrogen) atoms. The topological polar surface area (TPSA) is 75.4 Å². The molecule has 0 amide bonds. The van der Waals surface area contributed by atoms with Crippen molar-refractivity contribution in [1.82, 2.24) is 0 Å². The van der Waals surface area contributed by atoms with Gasteiger partial charge in [0.15, 0.2) is 0 Å². The van der Waals surface area contributed by atoms with Crippen LogP contribution in [0.2, 0.25) is 5.02 Å². The molecule has 1 aromatic carbocycles. The van der Waals surface area contributed by atoms with Gasteiger partial charge in [-0.15, -0.1) is 0 Å². The van der Waals surface area contributed by atoms with E-state index in [9.17, 15) is 19.6 Å². The van der Waals surface area contributed by atoms with Gasteiger partial charge in [-0.3, -0.25) is 10.1 Å². The molecule has 0 unspecified atom stereocenters. The van der Waals surface area contributed by atoms with Gasteiger partial charge in [0.1, 0.15) is 11.5 Å². The number of rotatable bonds is 4. The maximum Gasteiger partial charge on any atom is 0.294 e. The summed E-state index contributed by atoms with van der Waals surface area (Å²) < 4.78 is 13.6. The van der Waals surface area contributed by atoms with E-state index < -0.39 is 16.3 Å². The lowest BCUT2D eigenvalue weighted by molar-refractivity contribution is -0.384. The van der Waals surface area contributed by atoms with Crippen LogP contribution in [0.3, 0.4) is 0 Å². The van der Waals surface area contributed by atoms with Crippen molar-refractivity contribution in [3.05, 3.63) is 33.1 Å². The maximum atomic E-state index is 13.6. The molecule has 2 N–H and O–H groups in total. The van der Waals surface area contributed by atoms with Gasteiger partial charge in [0.25, 0.3) is 5.69 Å². The first-order chi connectivity index (χ1) is 9.87. The van der Waals surface area contributed by atoms with Crippen LogP contribution in [0.15, 0.2) is 12.1 Å². The van der Waals surface area contributed by atoms with Crippen molar-refractivity contribution in [3.63, 3.8) is 0 Å². The third-order valence-electron chi connectivity index (χ3n) is 4.17. The molecule has 5 nitrogen and oxygen atoms in total. The number of hydrogen-bond acceptors (Lipinski definition) is 4. The number of anilines is 1. The Bertz CT molecular complexity index is 545. The summed E-state index contributed by atoms with van der Waals surface area (Å²) in [5.74, 6) is -0.162. The fraction of sp³-hybridized carbons (Fsp3) is 0.571.